The van der Waals surface area contributed by atoms with E-state index < -0.39 is 0 Å². The van der Waals surface area contributed by atoms with E-state index in [1.807, 2.05) is 12.1 Å². The van der Waals surface area contributed by atoms with Gasteiger partial charge in [0.1, 0.15) is 11.2 Å². The van der Waals surface area contributed by atoms with Crippen LogP contribution in [0.2, 0.25) is 5.15 Å². The number of nitrogens with zero attached hydrogens (tertiary/aromatic N) is 2. The second-order valence-corrected chi connectivity index (χ2v) is 5.56. The summed E-state index contributed by atoms with van der Waals surface area (Å²) in [6.45, 7) is 0. The minimum absolute atomic E-state index is 0.250. The molecule has 15 heavy (non-hydrogen) atoms. The Balaban J connectivity index is 2.63. The van der Waals surface area contributed by atoms with Crippen LogP contribution in [0.25, 0.3) is 10.4 Å². The number of hydrogen-bond donors (Lipinski definition) is 0. The first kappa shape index (κ1) is 10.6. The SMILES string of the molecule is N#Cc1c(-c2ccc(Br)s2)ccnc1Cl. The average molecular weight is 300 g/mol. The molecule has 0 aliphatic heterocycles. The molecule has 0 bridgehead atoms. The molecule has 0 saturated carbocycles. The summed E-state index contributed by atoms with van der Waals surface area (Å²) in [7, 11) is 0. The molecule has 0 atom stereocenters. The zero-order valence-corrected chi connectivity index (χ0v) is 10.5. The van der Waals surface area contributed by atoms with Gasteiger partial charge < -0.3 is 0 Å². The predicted molar refractivity (Wildman–Crippen MR) is 65.0 cm³/mol. The van der Waals surface area contributed by atoms with Crippen molar-refractivity contribution in [2.24, 2.45) is 0 Å². The monoisotopic (exact) mass is 298 g/mol. The van der Waals surface area contributed by atoms with Gasteiger partial charge in [-0.15, -0.1) is 11.3 Å². The van der Waals surface area contributed by atoms with Gasteiger partial charge in [0, 0.05) is 16.6 Å². The van der Waals surface area contributed by atoms with E-state index in [4.69, 9.17) is 16.9 Å². The van der Waals surface area contributed by atoms with Crippen LogP contribution in [0.1, 0.15) is 5.56 Å². The smallest absolute Gasteiger partial charge is 0.147 e. The second kappa shape index (κ2) is 4.31. The van der Waals surface area contributed by atoms with Crippen molar-refractivity contribution >= 4 is 38.9 Å². The Morgan fingerprint density at radius 1 is 1.40 bits per heavy atom. The number of thiophene rings is 1. The summed E-state index contributed by atoms with van der Waals surface area (Å²) in [6, 6.07) is 7.75. The Hall–Kier alpha value is -0.890. The Labute approximate surface area is 104 Å². The van der Waals surface area contributed by atoms with Gasteiger partial charge in [0.25, 0.3) is 0 Å². The van der Waals surface area contributed by atoms with Gasteiger partial charge >= 0.3 is 0 Å². The summed E-state index contributed by atoms with van der Waals surface area (Å²) >= 11 is 10.8. The molecular formula is C10H4BrClN2S. The lowest BCUT2D eigenvalue weighted by Gasteiger charge is -2.00. The zero-order chi connectivity index (χ0) is 10.8. The minimum atomic E-state index is 0.250. The highest BCUT2D eigenvalue weighted by atomic mass is 79.9. The quantitative estimate of drug-likeness (QED) is 0.743. The molecule has 0 fully saturated rings. The van der Waals surface area contributed by atoms with Gasteiger partial charge in [0.2, 0.25) is 0 Å². The van der Waals surface area contributed by atoms with Gasteiger partial charge in [0.05, 0.1) is 9.35 Å². The topological polar surface area (TPSA) is 36.7 Å². The van der Waals surface area contributed by atoms with Crippen molar-refractivity contribution < 1.29 is 0 Å². The molecule has 74 valence electrons. The number of aromatic nitrogens is 1. The van der Waals surface area contributed by atoms with Crippen molar-refractivity contribution in [2.75, 3.05) is 0 Å². The lowest BCUT2D eigenvalue weighted by molar-refractivity contribution is 1.30. The van der Waals surface area contributed by atoms with E-state index in [1.54, 1.807) is 23.6 Å². The van der Waals surface area contributed by atoms with E-state index in [9.17, 15) is 0 Å². The van der Waals surface area contributed by atoms with Crippen molar-refractivity contribution in [1.82, 2.24) is 4.98 Å². The summed E-state index contributed by atoms with van der Waals surface area (Å²) in [5, 5.41) is 9.24. The van der Waals surface area contributed by atoms with Crippen LogP contribution in [-0.2, 0) is 0 Å². The summed E-state index contributed by atoms with van der Waals surface area (Å²) in [4.78, 5) is 4.88. The molecule has 0 aromatic carbocycles. The molecule has 2 rings (SSSR count). The minimum Gasteiger partial charge on any atom is -0.243 e. The Kier molecular flexibility index (Phi) is 3.06. The highest BCUT2D eigenvalue weighted by molar-refractivity contribution is 9.11. The first-order chi connectivity index (χ1) is 7.22. The van der Waals surface area contributed by atoms with Gasteiger partial charge in [-0.2, -0.15) is 5.26 Å². The van der Waals surface area contributed by atoms with E-state index in [1.165, 1.54) is 0 Å². The third-order valence-corrected chi connectivity index (χ3v) is 3.80. The maximum atomic E-state index is 8.99. The van der Waals surface area contributed by atoms with E-state index in [2.05, 4.69) is 27.0 Å². The largest absolute Gasteiger partial charge is 0.243 e. The maximum absolute atomic E-state index is 8.99. The van der Waals surface area contributed by atoms with E-state index in [0.717, 1.165) is 14.2 Å². The van der Waals surface area contributed by atoms with Crippen LogP contribution in [0.4, 0.5) is 0 Å². The molecule has 0 saturated heterocycles. The first-order valence-corrected chi connectivity index (χ1v) is 6.01. The molecule has 0 unspecified atom stereocenters. The average Bonchev–Trinajstić information content (AvgIpc) is 2.64. The summed E-state index contributed by atoms with van der Waals surface area (Å²) in [6.07, 6.45) is 1.60. The van der Waals surface area contributed by atoms with Gasteiger partial charge in [-0.05, 0) is 34.1 Å². The number of hydrogen-bond acceptors (Lipinski definition) is 3. The highest BCUT2D eigenvalue weighted by Crippen LogP contribution is 2.34. The number of pyridine rings is 1. The summed E-state index contributed by atoms with van der Waals surface area (Å²) in [5.41, 5.74) is 1.25. The van der Waals surface area contributed by atoms with Crippen molar-refractivity contribution in [3.8, 4) is 16.5 Å². The third kappa shape index (κ3) is 2.05. The lowest BCUT2D eigenvalue weighted by Crippen LogP contribution is -1.86. The molecule has 2 aromatic heterocycles. The molecule has 0 spiro atoms. The third-order valence-electron chi connectivity index (χ3n) is 1.86. The van der Waals surface area contributed by atoms with Crippen LogP contribution >= 0.6 is 38.9 Å². The predicted octanol–water partition coefficient (Wildman–Crippen LogP) is 4.10. The normalized spacial score (nSPS) is 9.93. The lowest BCUT2D eigenvalue weighted by atomic mass is 10.1. The van der Waals surface area contributed by atoms with E-state index in [-0.39, 0.29) is 5.15 Å². The first-order valence-electron chi connectivity index (χ1n) is 4.02. The molecule has 2 nitrogen and oxygen atoms in total. The van der Waals surface area contributed by atoms with E-state index >= 15 is 0 Å². The van der Waals surface area contributed by atoms with Crippen LogP contribution < -0.4 is 0 Å². The van der Waals surface area contributed by atoms with Crippen LogP contribution in [-0.4, -0.2) is 4.98 Å². The number of rotatable bonds is 1. The molecule has 0 radical (unpaired) electrons. The summed E-state index contributed by atoms with van der Waals surface area (Å²) < 4.78 is 1.02. The van der Waals surface area contributed by atoms with Gasteiger partial charge in [-0.25, -0.2) is 4.98 Å². The highest BCUT2D eigenvalue weighted by Gasteiger charge is 2.10. The van der Waals surface area contributed by atoms with E-state index in [0.29, 0.717) is 5.56 Å². The Morgan fingerprint density at radius 2 is 2.20 bits per heavy atom. The fourth-order valence-corrected chi connectivity index (χ4v) is 2.83. The molecule has 0 N–H and O–H groups in total. The van der Waals surface area contributed by atoms with Crippen molar-refractivity contribution in [3.63, 3.8) is 0 Å². The molecule has 2 heterocycles. The number of nitriles is 1. The molecule has 2 aromatic rings. The summed E-state index contributed by atoms with van der Waals surface area (Å²) in [5.74, 6) is 0. The van der Waals surface area contributed by atoms with Gasteiger partial charge in [0.15, 0.2) is 0 Å². The molecule has 0 amide bonds. The Morgan fingerprint density at radius 3 is 2.80 bits per heavy atom. The Bertz CT molecular complexity index is 545. The standard InChI is InChI=1S/C10H4BrClN2S/c11-9-2-1-8(15-9)6-3-4-14-10(12)7(6)5-13/h1-4H. The van der Waals surface area contributed by atoms with Crippen molar-refractivity contribution in [1.29, 1.82) is 5.26 Å². The fourth-order valence-electron chi connectivity index (χ4n) is 1.21. The van der Waals surface area contributed by atoms with Crippen LogP contribution in [0.3, 0.4) is 0 Å². The second-order valence-electron chi connectivity index (χ2n) is 2.74. The van der Waals surface area contributed by atoms with Crippen molar-refractivity contribution in [3.05, 3.63) is 38.9 Å². The fraction of sp³-hybridized carbons (Fsp3) is 0. The van der Waals surface area contributed by atoms with Crippen LogP contribution in [0.15, 0.2) is 28.2 Å². The zero-order valence-electron chi connectivity index (χ0n) is 7.37. The van der Waals surface area contributed by atoms with Gasteiger partial charge in [-0.1, -0.05) is 11.6 Å². The molecule has 5 heteroatoms. The molecular weight excluding hydrogens is 296 g/mol. The molecule has 0 aliphatic rings. The molecule has 0 aliphatic carbocycles. The van der Waals surface area contributed by atoms with Crippen LogP contribution in [0.5, 0.6) is 0 Å². The van der Waals surface area contributed by atoms with Crippen molar-refractivity contribution in [2.45, 2.75) is 0 Å². The van der Waals surface area contributed by atoms with Gasteiger partial charge in [-0.3, -0.25) is 0 Å². The van der Waals surface area contributed by atoms with Crippen LogP contribution in [0, 0.1) is 11.3 Å². The number of halogens is 2. The maximum Gasteiger partial charge on any atom is 0.147 e.